The van der Waals surface area contributed by atoms with Crippen LogP contribution in [0.1, 0.15) is 22.8 Å². The Hall–Kier alpha value is -2.43. The molecule has 1 atom stereocenters. The Morgan fingerprint density at radius 1 is 1.33 bits per heavy atom. The molecule has 4 nitrogen and oxygen atoms in total. The number of aromatic nitrogens is 1. The lowest BCUT2D eigenvalue weighted by Crippen LogP contribution is -2.34. The molecule has 0 radical (unpaired) electrons. The van der Waals surface area contributed by atoms with Gasteiger partial charge in [0.2, 0.25) is 5.95 Å². The molecule has 0 fully saturated rings. The van der Waals surface area contributed by atoms with E-state index in [-0.39, 0.29) is 11.6 Å². The number of nitrogens with one attached hydrogen (secondary N) is 1. The van der Waals surface area contributed by atoms with Gasteiger partial charge in [-0.1, -0.05) is 18.2 Å². The first kappa shape index (κ1) is 15.0. The molecular weight excluding hydrogens is 271 g/mol. The van der Waals surface area contributed by atoms with Gasteiger partial charge in [0.05, 0.1) is 12.7 Å². The summed E-state index contributed by atoms with van der Waals surface area (Å²) >= 11 is 0. The summed E-state index contributed by atoms with van der Waals surface area (Å²) in [6.45, 7) is 1.86. The number of pyridine rings is 1. The molecule has 0 spiro atoms. The lowest BCUT2D eigenvalue weighted by atomic mass is 10.1. The standard InChI is InChI=1S/C16H17FN2O2/c1-11(10-12-6-3-4-8-14(12)21-2)19-16(20)13-7-5-9-18-15(13)17/h3-9,11H,10H2,1-2H3,(H,19,20). The average Bonchev–Trinajstić information content (AvgIpc) is 2.48. The minimum absolute atomic E-state index is 0.0515. The van der Waals surface area contributed by atoms with E-state index in [0.29, 0.717) is 6.42 Å². The van der Waals surface area contributed by atoms with Crippen molar-refractivity contribution in [3.8, 4) is 5.75 Å². The average molecular weight is 288 g/mol. The molecule has 0 aliphatic rings. The number of amides is 1. The zero-order valence-electron chi connectivity index (χ0n) is 12.0. The normalized spacial score (nSPS) is 11.8. The summed E-state index contributed by atoms with van der Waals surface area (Å²) in [6, 6.07) is 10.4. The van der Waals surface area contributed by atoms with Crippen molar-refractivity contribution in [1.29, 1.82) is 0 Å². The van der Waals surface area contributed by atoms with E-state index in [9.17, 15) is 9.18 Å². The fourth-order valence-electron chi connectivity index (χ4n) is 2.11. The number of methoxy groups -OCH3 is 1. The smallest absolute Gasteiger partial charge is 0.256 e. The lowest BCUT2D eigenvalue weighted by molar-refractivity contribution is 0.0935. The lowest BCUT2D eigenvalue weighted by Gasteiger charge is -2.16. The molecule has 0 saturated heterocycles. The molecule has 1 heterocycles. The molecule has 1 unspecified atom stereocenters. The quantitative estimate of drug-likeness (QED) is 0.860. The first-order chi connectivity index (χ1) is 10.1. The molecule has 0 aliphatic heterocycles. The highest BCUT2D eigenvalue weighted by Crippen LogP contribution is 2.19. The van der Waals surface area contributed by atoms with Gasteiger partial charge in [-0.3, -0.25) is 4.79 Å². The van der Waals surface area contributed by atoms with Gasteiger partial charge in [-0.25, -0.2) is 4.98 Å². The molecular formula is C16H17FN2O2. The van der Waals surface area contributed by atoms with E-state index in [1.54, 1.807) is 7.11 Å². The van der Waals surface area contributed by atoms with E-state index in [0.717, 1.165) is 11.3 Å². The zero-order valence-corrected chi connectivity index (χ0v) is 12.0. The summed E-state index contributed by atoms with van der Waals surface area (Å²) in [7, 11) is 1.60. The highest BCUT2D eigenvalue weighted by Gasteiger charge is 2.15. The van der Waals surface area contributed by atoms with Crippen LogP contribution in [0.25, 0.3) is 0 Å². The third kappa shape index (κ3) is 3.78. The van der Waals surface area contributed by atoms with Gasteiger partial charge in [0.25, 0.3) is 5.91 Å². The number of benzene rings is 1. The van der Waals surface area contributed by atoms with Crippen LogP contribution < -0.4 is 10.1 Å². The van der Waals surface area contributed by atoms with E-state index < -0.39 is 11.9 Å². The minimum Gasteiger partial charge on any atom is -0.496 e. The van der Waals surface area contributed by atoms with Crippen LogP contribution in [-0.2, 0) is 6.42 Å². The van der Waals surface area contributed by atoms with Crippen LogP contribution in [0.2, 0.25) is 0 Å². The van der Waals surface area contributed by atoms with Gasteiger partial charge in [0.1, 0.15) is 5.75 Å². The van der Waals surface area contributed by atoms with Gasteiger partial charge in [-0.2, -0.15) is 4.39 Å². The number of rotatable bonds is 5. The highest BCUT2D eigenvalue weighted by atomic mass is 19.1. The second-order valence-corrected chi connectivity index (χ2v) is 4.73. The molecule has 2 rings (SSSR count). The Morgan fingerprint density at radius 2 is 2.10 bits per heavy atom. The van der Waals surface area contributed by atoms with Crippen LogP contribution in [0.3, 0.4) is 0 Å². The van der Waals surface area contributed by atoms with Crippen molar-refractivity contribution >= 4 is 5.91 Å². The van der Waals surface area contributed by atoms with Crippen molar-refractivity contribution in [3.63, 3.8) is 0 Å². The van der Waals surface area contributed by atoms with Crippen molar-refractivity contribution in [2.45, 2.75) is 19.4 Å². The highest BCUT2D eigenvalue weighted by molar-refractivity contribution is 5.94. The fourth-order valence-corrected chi connectivity index (χ4v) is 2.11. The summed E-state index contributed by atoms with van der Waals surface area (Å²) in [5.74, 6) is -0.464. The first-order valence-electron chi connectivity index (χ1n) is 6.65. The number of ether oxygens (including phenoxy) is 1. The van der Waals surface area contributed by atoms with Crippen molar-refractivity contribution < 1.29 is 13.9 Å². The van der Waals surface area contributed by atoms with Gasteiger partial charge < -0.3 is 10.1 Å². The fraction of sp³-hybridized carbons (Fsp3) is 0.250. The van der Waals surface area contributed by atoms with E-state index in [1.165, 1.54) is 18.3 Å². The van der Waals surface area contributed by atoms with Gasteiger partial charge in [0, 0.05) is 12.2 Å². The maximum Gasteiger partial charge on any atom is 0.256 e. The Morgan fingerprint density at radius 3 is 2.81 bits per heavy atom. The molecule has 0 aliphatic carbocycles. The largest absolute Gasteiger partial charge is 0.496 e. The van der Waals surface area contributed by atoms with E-state index >= 15 is 0 Å². The van der Waals surface area contributed by atoms with Gasteiger partial charge in [0.15, 0.2) is 0 Å². The van der Waals surface area contributed by atoms with Crippen LogP contribution in [0.15, 0.2) is 42.6 Å². The molecule has 1 aromatic carbocycles. The number of hydrogen-bond donors (Lipinski definition) is 1. The zero-order chi connectivity index (χ0) is 15.2. The van der Waals surface area contributed by atoms with Gasteiger partial charge in [-0.15, -0.1) is 0 Å². The molecule has 1 N–H and O–H groups in total. The van der Waals surface area contributed by atoms with Crippen LogP contribution in [0.5, 0.6) is 5.75 Å². The molecule has 21 heavy (non-hydrogen) atoms. The van der Waals surface area contributed by atoms with Crippen molar-refractivity contribution in [3.05, 3.63) is 59.7 Å². The molecule has 0 saturated carbocycles. The van der Waals surface area contributed by atoms with Gasteiger partial charge in [-0.05, 0) is 37.1 Å². The predicted molar refractivity (Wildman–Crippen MR) is 77.8 cm³/mol. The van der Waals surface area contributed by atoms with Crippen molar-refractivity contribution in [1.82, 2.24) is 10.3 Å². The van der Waals surface area contributed by atoms with Crippen LogP contribution in [-0.4, -0.2) is 24.0 Å². The molecule has 5 heteroatoms. The molecule has 2 aromatic rings. The number of carbonyl (C=O) groups is 1. The monoisotopic (exact) mass is 288 g/mol. The van der Waals surface area contributed by atoms with E-state index in [4.69, 9.17) is 4.74 Å². The third-order valence-electron chi connectivity index (χ3n) is 3.10. The van der Waals surface area contributed by atoms with Crippen molar-refractivity contribution in [2.75, 3.05) is 7.11 Å². The van der Waals surface area contributed by atoms with E-state index in [2.05, 4.69) is 10.3 Å². The summed E-state index contributed by atoms with van der Waals surface area (Å²) in [6.07, 6.45) is 1.90. The first-order valence-corrected chi connectivity index (χ1v) is 6.65. The molecule has 0 bridgehead atoms. The van der Waals surface area contributed by atoms with Crippen LogP contribution >= 0.6 is 0 Å². The van der Waals surface area contributed by atoms with Crippen molar-refractivity contribution in [2.24, 2.45) is 0 Å². The topological polar surface area (TPSA) is 51.2 Å². The summed E-state index contributed by atoms with van der Waals surface area (Å²) in [5, 5.41) is 2.76. The summed E-state index contributed by atoms with van der Waals surface area (Å²) in [4.78, 5) is 15.5. The Bertz CT molecular complexity index is 631. The second kappa shape index (κ2) is 6.83. The molecule has 110 valence electrons. The minimum atomic E-state index is -0.764. The van der Waals surface area contributed by atoms with Gasteiger partial charge >= 0.3 is 0 Å². The Kier molecular flexibility index (Phi) is 4.87. The van der Waals surface area contributed by atoms with E-state index in [1.807, 2.05) is 31.2 Å². The number of para-hydroxylation sites is 1. The maximum atomic E-state index is 13.4. The summed E-state index contributed by atoms with van der Waals surface area (Å²) in [5.41, 5.74) is 0.934. The number of nitrogens with zero attached hydrogens (tertiary/aromatic N) is 1. The third-order valence-corrected chi connectivity index (χ3v) is 3.10. The Balaban J connectivity index is 2.03. The molecule has 1 amide bonds. The molecule has 1 aromatic heterocycles. The number of carbonyl (C=O) groups excluding carboxylic acids is 1. The predicted octanol–water partition coefficient (Wildman–Crippen LogP) is 2.59. The number of halogens is 1. The van der Waals surface area contributed by atoms with Crippen LogP contribution in [0.4, 0.5) is 4.39 Å². The Labute approximate surface area is 123 Å². The second-order valence-electron chi connectivity index (χ2n) is 4.73. The SMILES string of the molecule is COc1ccccc1CC(C)NC(=O)c1cccnc1F. The summed E-state index contributed by atoms with van der Waals surface area (Å²) < 4.78 is 18.7. The van der Waals surface area contributed by atoms with Crippen LogP contribution in [0, 0.1) is 5.95 Å². The number of hydrogen-bond acceptors (Lipinski definition) is 3. The maximum absolute atomic E-state index is 13.4.